The summed E-state index contributed by atoms with van der Waals surface area (Å²) in [5.74, 6) is -1.44. The summed E-state index contributed by atoms with van der Waals surface area (Å²) in [5, 5.41) is 11.6. The van der Waals surface area contributed by atoms with Gasteiger partial charge in [-0.1, -0.05) is 20.3 Å². The number of primary amides is 1. The molecule has 1 aliphatic heterocycles. The van der Waals surface area contributed by atoms with E-state index in [4.69, 9.17) is 10.8 Å². The van der Waals surface area contributed by atoms with Crippen molar-refractivity contribution in [3.63, 3.8) is 0 Å². The molecule has 7 nitrogen and oxygen atoms in total. The quantitative estimate of drug-likeness (QED) is 0.696. The van der Waals surface area contributed by atoms with Gasteiger partial charge in [0, 0.05) is 12.6 Å². The van der Waals surface area contributed by atoms with Gasteiger partial charge in [-0.15, -0.1) is 0 Å². The second-order valence-corrected chi connectivity index (χ2v) is 5.81. The normalized spacial score (nSPS) is 25.0. The van der Waals surface area contributed by atoms with Crippen molar-refractivity contribution in [3.8, 4) is 0 Å². The average Bonchev–Trinajstić information content (AvgIpc) is 2.42. The first-order chi connectivity index (χ1) is 9.77. The van der Waals surface area contributed by atoms with Crippen LogP contribution in [0.1, 0.15) is 40.0 Å². The number of carbonyl (C=O) groups is 3. The zero-order valence-corrected chi connectivity index (χ0v) is 12.8. The molecule has 0 saturated carbocycles. The van der Waals surface area contributed by atoms with Gasteiger partial charge in [-0.05, 0) is 25.7 Å². The number of nitrogens with one attached hydrogen (secondary N) is 1. The largest absolute Gasteiger partial charge is 0.481 e. The molecule has 1 aliphatic rings. The number of amides is 3. The van der Waals surface area contributed by atoms with Crippen LogP contribution in [-0.2, 0) is 9.59 Å². The van der Waals surface area contributed by atoms with Crippen molar-refractivity contribution >= 4 is 17.9 Å². The van der Waals surface area contributed by atoms with Crippen LogP contribution in [0, 0.1) is 11.8 Å². The van der Waals surface area contributed by atoms with Crippen molar-refractivity contribution in [1.29, 1.82) is 0 Å². The molecule has 0 aromatic heterocycles. The van der Waals surface area contributed by atoms with Crippen LogP contribution in [0.4, 0.5) is 4.79 Å². The molecule has 1 saturated heterocycles. The SMILES string of the molecule is CCC(C)C(NC(N)=O)C(=O)N1CCC(C(=O)O)CC1C. The fraction of sp³-hybridized carbons (Fsp3) is 0.786. The van der Waals surface area contributed by atoms with Gasteiger partial charge in [0.05, 0.1) is 5.92 Å². The maximum absolute atomic E-state index is 12.6. The van der Waals surface area contributed by atoms with E-state index in [0.717, 1.165) is 6.42 Å². The van der Waals surface area contributed by atoms with E-state index in [2.05, 4.69) is 5.32 Å². The zero-order chi connectivity index (χ0) is 16.2. The first kappa shape index (κ1) is 17.3. The van der Waals surface area contributed by atoms with Crippen LogP contribution in [0.15, 0.2) is 0 Å². The van der Waals surface area contributed by atoms with E-state index < -0.39 is 24.0 Å². The predicted octanol–water partition coefficient (Wildman–Crippen LogP) is 0.781. The average molecular weight is 299 g/mol. The molecule has 1 rings (SSSR count). The van der Waals surface area contributed by atoms with Crippen LogP contribution in [0.3, 0.4) is 0 Å². The van der Waals surface area contributed by atoms with Crippen LogP contribution in [0.5, 0.6) is 0 Å². The third-order valence-electron chi connectivity index (χ3n) is 4.29. The van der Waals surface area contributed by atoms with Gasteiger partial charge >= 0.3 is 12.0 Å². The van der Waals surface area contributed by atoms with E-state index in [1.165, 1.54) is 0 Å². The van der Waals surface area contributed by atoms with Gasteiger partial charge in [-0.3, -0.25) is 9.59 Å². The third-order valence-corrected chi connectivity index (χ3v) is 4.29. The number of urea groups is 1. The number of likely N-dealkylation sites (tertiary alicyclic amines) is 1. The monoisotopic (exact) mass is 299 g/mol. The van der Waals surface area contributed by atoms with Crippen molar-refractivity contribution in [2.24, 2.45) is 17.6 Å². The fourth-order valence-corrected chi connectivity index (χ4v) is 2.74. The molecule has 0 aromatic carbocycles. The highest BCUT2D eigenvalue weighted by atomic mass is 16.4. The lowest BCUT2D eigenvalue weighted by Crippen LogP contribution is -2.57. The molecular weight excluding hydrogens is 274 g/mol. The Labute approximate surface area is 124 Å². The van der Waals surface area contributed by atoms with Gasteiger partial charge in [0.1, 0.15) is 6.04 Å². The number of carboxylic acids is 1. The van der Waals surface area contributed by atoms with Gasteiger partial charge in [-0.2, -0.15) is 0 Å². The highest BCUT2D eigenvalue weighted by Crippen LogP contribution is 2.24. The molecule has 120 valence electrons. The van der Waals surface area contributed by atoms with Crippen LogP contribution in [-0.4, -0.2) is 46.5 Å². The van der Waals surface area contributed by atoms with Gasteiger partial charge in [-0.25, -0.2) is 4.79 Å². The second kappa shape index (κ2) is 7.28. The summed E-state index contributed by atoms with van der Waals surface area (Å²) in [7, 11) is 0. The van der Waals surface area contributed by atoms with E-state index in [1.807, 2.05) is 20.8 Å². The second-order valence-electron chi connectivity index (χ2n) is 5.81. The number of hydrogen-bond acceptors (Lipinski definition) is 3. The maximum Gasteiger partial charge on any atom is 0.312 e. The Morgan fingerprint density at radius 1 is 1.43 bits per heavy atom. The first-order valence-electron chi connectivity index (χ1n) is 7.37. The Bertz CT molecular complexity index is 413. The Morgan fingerprint density at radius 3 is 2.48 bits per heavy atom. The molecule has 0 spiro atoms. The van der Waals surface area contributed by atoms with Crippen LogP contribution < -0.4 is 11.1 Å². The van der Waals surface area contributed by atoms with E-state index in [0.29, 0.717) is 19.4 Å². The predicted molar refractivity (Wildman–Crippen MR) is 77.5 cm³/mol. The lowest BCUT2D eigenvalue weighted by atomic mass is 9.90. The summed E-state index contributed by atoms with van der Waals surface area (Å²) in [6.07, 6.45) is 1.61. The van der Waals surface area contributed by atoms with Crippen molar-refractivity contribution in [3.05, 3.63) is 0 Å². The number of hydrogen-bond donors (Lipinski definition) is 3. The van der Waals surface area contributed by atoms with E-state index in [-0.39, 0.29) is 17.9 Å². The lowest BCUT2D eigenvalue weighted by Gasteiger charge is -2.39. The van der Waals surface area contributed by atoms with Crippen LogP contribution in [0.2, 0.25) is 0 Å². The number of nitrogens with zero attached hydrogens (tertiary/aromatic N) is 1. The van der Waals surface area contributed by atoms with Gasteiger partial charge in [0.2, 0.25) is 5.91 Å². The summed E-state index contributed by atoms with van der Waals surface area (Å²) in [5.41, 5.74) is 5.15. The number of aliphatic carboxylic acids is 1. The smallest absolute Gasteiger partial charge is 0.312 e. The summed E-state index contributed by atoms with van der Waals surface area (Å²) >= 11 is 0. The van der Waals surface area contributed by atoms with E-state index in [9.17, 15) is 14.4 Å². The van der Waals surface area contributed by atoms with Gasteiger partial charge < -0.3 is 21.1 Å². The number of piperidine rings is 1. The van der Waals surface area contributed by atoms with Crippen LogP contribution >= 0.6 is 0 Å². The van der Waals surface area contributed by atoms with Crippen molar-refractivity contribution in [1.82, 2.24) is 10.2 Å². The molecule has 4 atom stereocenters. The summed E-state index contributed by atoms with van der Waals surface area (Å²) < 4.78 is 0. The molecule has 1 fully saturated rings. The molecule has 0 aromatic rings. The first-order valence-corrected chi connectivity index (χ1v) is 7.37. The summed E-state index contributed by atoms with van der Waals surface area (Å²) in [6, 6.07) is -1.54. The zero-order valence-electron chi connectivity index (χ0n) is 12.8. The van der Waals surface area contributed by atoms with Crippen molar-refractivity contribution in [2.75, 3.05) is 6.54 Å². The minimum Gasteiger partial charge on any atom is -0.481 e. The highest BCUT2D eigenvalue weighted by Gasteiger charge is 2.36. The minimum absolute atomic E-state index is 0.0330. The number of carbonyl (C=O) groups excluding carboxylic acids is 2. The molecule has 0 aliphatic carbocycles. The number of carboxylic acid groups (broad SMARTS) is 1. The Kier molecular flexibility index (Phi) is 5.99. The van der Waals surface area contributed by atoms with E-state index in [1.54, 1.807) is 4.90 Å². The third kappa shape index (κ3) is 4.34. The fourth-order valence-electron chi connectivity index (χ4n) is 2.74. The Morgan fingerprint density at radius 2 is 2.05 bits per heavy atom. The topological polar surface area (TPSA) is 113 Å². The molecule has 0 radical (unpaired) electrons. The number of nitrogens with two attached hydrogens (primary N) is 1. The molecule has 1 heterocycles. The van der Waals surface area contributed by atoms with Gasteiger partial charge in [0.15, 0.2) is 0 Å². The van der Waals surface area contributed by atoms with E-state index >= 15 is 0 Å². The molecular formula is C14H25N3O4. The molecule has 21 heavy (non-hydrogen) atoms. The van der Waals surface area contributed by atoms with Gasteiger partial charge in [0.25, 0.3) is 0 Å². The molecule has 7 heteroatoms. The summed E-state index contributed by atoms with van der Waals surface area (Å²) in [4.78, 5) is 36.4. The molecule has 4 unspecified atom stereocenters. The minimum atomic E-state index is -0.817. The number of rotatable bonds is 5. The van der Waals surface area contributed by atoms with Crippen molar-refractivity contribution in [2.45, 2.75) is 52.1 Å². The highest BCUT2D eigenvalue weighted by molar-refractivity contribution is 5.87. The molecule has 3 amide bonds. The molecule has 4 N–H and O–H groups in total. The lowest BCUT2D eigenvalue weighted by molar-refractivity contribution is -0.148. The van der Waals surface area contributed by atoms with Crippen LogP contribution in [0.25, 0.3) is 0 Å². The summed E-state index contributed by atoms with van der Waals surface area (Å²) in [6.45, 7) is 6.05. The maximum atomic E-state index is 12.6. The Balaban J connectivity index is 2.79. The molecule has 0 bridgehead atoms. The van der Waals surface area contributed by atoms with Crippen molar-refractivity contribution < 1.29 is 19.5 Å². The standard InChI is InChI=1S/C14H25N3O4/c1-4-8(2)11(16-14(15)21)12(18)17-6-5-10(13(19)20)7-9(17)3/h8-11H,4-7H2,1-3H3,(H,19,20)(H3,15,16,21). The Hall–Kier alpha value is -1.79.